The molecule has 0 aliphatic carbocycles. The second kappa shape index (κ2) is 9.26. The Morgan fingerprint density at radius 1 is 1.03 bits per heavy atom. The molecule has 7 heteroatoms. The number of thioether (sulfide) groups is 1. The molecule has 0 unspecified atom stereocenters. The topological polar surface area (TPSA) is 38.1 Å². The molecule has 0 spiro atoms. The van der Waals surface area contributed by atoms with E-state index in [0.717, 1.165) is 40.8 Å². The minimum absolute atomic E-state index is 0.0829. The molecule has 1 aromatic heterocycles. The molecular formula is C26H21Cl2N3OS. The molecule has 4 aromatic rings. The standard InChI is InChI=1S/C26H21Cl2N3OS/c1-17-6-9-20(10-7-17)31-24(19-8-11-21(27)22(28)14-19)15-29-26(31)33-16-25(32)30-13-12-18-4-2-3-5-23(18)30/h2-11,14-15H,12-13,16H2,1H3. The van der Waals surface area contributed by atoms with Crippen LogP contribution in [-0.4, -0.2) is 27.8 Å². The molecule has 4 nitrogen and oxygen atoms in total. The first-order valence-electron chi connectivity index (χ1n) is 10.6. The van der Waals surface area contributed by atoms with Gasteiger partial charge < -0.3 is 4.90 Å². The lowest BCUT2D eigenvalue weighted by atomic mass is 10.1. The van der Waals surface area contributed by atoms with E-state index in [4.69, 9.17) is 23.2 Å². The Balaban J connectivity index is 1.46. The molecule has 3 aromatic carbocycles. The highest BCUT2D eigenvalue weighted by Gasteiger charge is 2.25. The van der Waals surface area contributed by atoms with E-state index in [2.05, 4.69) is 46.8 Å². The van der Waals surface area contributed by atoms with Crippen LogP contribution < -0.4 is 4.90 Å². The van der Waals surface area contributed by atoms with E-state index in [1.165, 1.54) is 22.9 Å². The summed E-state index contributed by atoms with van der Waals surface area (Å²) in [6.07, 6.45) is 2.71. The normalized spacial score (nSPS) is 12.8. The Labute approximate surface area is 207 Å². The lowest BCUT2D eigenvalue weighted by Crippen LogP contribution is -2.30. The number of nitrogens with zero attached hydrogens (tertiary/aromatic N) is 3. The van der Waals surface area contributed by atoms with E-state index in [9.17, 15) is 4.79 Å². The summed E-state index contributed by atoms with van der Waals surface area (Å²) in [6.45, 7) is 2.78. The van der Waals surface area contributed by atoms with Gasteiger partial charge in [-0.25, -0.2) is 4.98 Å². The number of fused-ring (bicyclic) bond motifs is 1. The summed E-state index contributed by atoms with van der Waals surface area (Å²) in [5.74, 6) is 0.386. The number of imidazole rings is 1. The zero-order valence-corrected chi connectivity index (χ0v) is 20.3. The van der Waals surface area contributed by atoms with Gasteiger partial charge in [0.2, 0.25) is 5.91 Å². The zero-order chi connectivity index (χ0) is 22.9. The van der Waals surface area contributed by atoms with Gasteiger partial charge in [0.25, 0.3) is 0 Å². The van der Waals surface area contributed by atoms with Crippen molar-refractivity contribution in [1.29, 1.82) is 0 Å². The van der Waals surface area contributed by atoms with E-state index in [1.54, 1.807) is 6.07 Å². The average Bonchev–Trinajstić information content (AvgIpc) is 3.44. The summed E-state index contributed by atoms with van der Waals surface area (Å²) in [5, 5.41) is 1.75. The molecule has 0 atom stereocenters. The lowest BCUT2D eigenvalue weighted by Gasteiger charge is -2.17. The van der Waals surface area contributed by atoms with Crippen LogP contribution >= 0.6 is 35.0 Å². The minimum atomic E-state index is 0.0829. The average molecular weight is 494 g/mol. The van der Waals surface area contributed by atoms with Gasteiger partial charge in [-0.1, -0.05) is 76.9 Å². The van der Waals surface area contributed by atoms with Crippen LogP contribution in [0.1, 0.15) is 11.1 Å². The fraction of sp³-hybridized carbons (Fsp3) is 0.154. The third-order valence-corrected chi connectivity index (χ3v) is 7.43. The molecule has 5 rings (SSSR count). The van der Waals surface area contributed by atoms with Crippen molar-refractivity contribution >= 4 is 46.6 Å². The van der Waals surface area contributed by atoms with Crippen molar-refractivity contribution in [2.24, 2.45) is 0 Å². The van der Waals surface area contributed by atoms with Crippen LogP contribution in [0, 0.1) is 6.92 Å². The molecule has 1 aliphatic heterocycles. The van der Waals surface area contributed by atoms with Gasteiger partial charge in [0.1, 0.15) is 0 Å². The summed E-state index contributed by atoms with van der Waals surface area (Å²) in [6, 6.07) is 21.9. The SMILES string of the molecule is Cc1ccc(-n2c(-c3ccc(Cl)c(Cl)c3)cnc2SCC(=O)N2CCc3ccccc32)cc1. The molecule has 2 heterocycles. The van der Waals surface area contributed by atoms with Crippen LogP contribution in [0.3, 0.4) is 0 Å². The van der Waals surface area contributed by atoms with Crippen LogP contribution in [0.4, 0.5) is 5.69 Å². The van der Waals surface area contributed by atoms with Gasteiger partial charge in [-0.3, -0.25) is 9.36 Å². The van der Waals surface area contributed by atoms with Crippen LogP contribution in [0.15, 0.2) is 78.1 Å². The highest BCUT2D eigenvalue weighted by atomic mass is 35.5. The first-order valence-corrected chi connectivity index (χ1v) is 12.4. The maximum absolute atomic E-state index is 13.1. The molecule has 1 aliphatic rings. The van der Waals surface area contributed by atoms with Crippen molar-refractivity contribution in [2.75, 3.05) is 17.2 Å². The first-order chi connectivity index (χ1) is 16.0. The third kappa shape index (κ3) is 4.41. The number of anilines is 1. The van der Waals surface area contributed by atoms with Crippen molar-refractivity contribution in [3.63, 3.8) is 0 Å². The van der Waals surface area contributed by atoms with Gasteiger partial charge in [0.05, 0.1) is 27.7 Å². The summed E-state index contributed by atoms with van der Waals surface area (Å²) < 4.78 is 2.06. The van der Waals surface area contributed by atoms with Gasteiger partial charge in [-0.2, -0.15) is 0 Å². The molecule has 0 saturated heterocycles. The lowest BCUT2D eigenvalue weighted by molar-refractivity contribution is -0.116. The van der Waals surface area contributed by atoms with E-state index >= 15 is 0 Å². The highest BCUT2D eigenvalue weighted by molar-refractivity contribution is 7.99. The Morgan fingerprint density at radius 2 is 1.82 bits per heavy atom. The first kappa shape index (κ1) is 22.1. The molecular weight excluding hydrogens is 473 g/mol. The maximum atomic E-state index is 13.1. The largest absolute Gasteiger partial charge is 0.311 e. The van der Waals surface area contributed by atoms with Crippen LogP contribution in [0.2, 0.25) is 10.0 Å². The number of aromatic nitrogens is 2. The number of hydrogen-bond donors (Lipinski definition) is 0. The number of benzene rings is 3. The van der Waals surface area contributed by atoms with E-state index < -0.39 is 0 Å². The van der Waals surface area contributed by atoms with Gasteiger partial charge in [0, 0.05) is 23.5 Å². The fourth-order valence-corrected chi connectivity index (χ4v) is 5.21. The molecule has 33 heavy (non-hydrogen) atoms. The predicted octanol–water partition coefficient (Wildman–Crippen LogP) is 6.84. The van der Waals surface area contributed by atoms with Crippen molar-refractivity contribution < 1.29 is 4.79 Å². The number of carbonyl (C=O) groups excluding carboxylic acids is 1. The summed E-state index contributed by atoms with van der Waals surface area (Å²) in [5.41, 5.74) is 6.18. The molecule has 0 saturated carbocycles. The molecule has 0 fully saturated rings. The quantitative estimate of drug-likeness (QED) is 0.285. The van der Waals surface area contributed by atoms with Crippen LogP contribution in [0.25, 0.3) is 16.9 Å². The number of para-hydroxylation sites is 1. The van der Waals surface area contributed by atoms with Crippen molar-refractivity contribution in [3.05, 3.63) is 94.1 Å². The van der Waals surface area contributed by atoms with E-state index in [-0.39, 0.29) is 5.91 Å². The number of halogens is 2. The Kier molecular flexibility index (Phi) is 6.19. The minimum Gasteiger partial charge on any atom is -0.311 e. The summed E-state index contributed by atoms with van der Waals surface area (Å²) >= 11 is 13.9. The third-order valence-electron chi connectivity index (χ3n) is 5.75. The number of aryl methyl sites for hydroxylation is 1. The molecule has 0 radical (unpaired) electrons. The second-order valence-corrected chi connectivity index (χ2v) is 9.70. The van der Waals surface area contributed by atoms with Crippen LogP contribution in [-0.2, 0) is 11.2 Å². The Morgan fingerprint density at radius 3 is 2.61 bits per heavy atom. The Hall–Kier alpha value is -2.73. The van der Waals surface area contributed by atoms with Crippen molar-refractivity contribution in [2.45, 2.75) is 18.5 Å². The monoisotopic (exact) mass is 493 g/mol. The number of amides is 1. The zero-order valence-electron chi connectivity index (χ0n) is 18.0. The fourth-order valence-electron chi connectivity index (χ4n) is 4.04. The number of rotatable bonds is 5. The van der Waals surface area contributed by atoms with Gasteiger partial charge in [-0.15, -0.1) is 0 Å². The van der Waals surface area contributed by atoms with Crippen molar-refractivity contribution in [3.8, 4) is 16.9 Å². The summed E-state index contributed by atoms with van der Waals surface area (Å²) in [7, 11) is 0. The maximum Gasteiger partial charge on any atom is 0.237 e. The van der Waals surface area contributed by atoms with Crippen molar-refractivity contribution in [1.82, 2.24) is 9.55 Å². The van der Waals surface area contributed by atoms with Crippen LogP contribution in [0.5, 0.6) is 0 Å². The molecule has 0 bridgehead atoms. The molecule has 0 N–H and O–H groups in total. The van der Waals surface area contributed by atoms with E-state index in [0.29, 0.717) is 15.8 Å². The molecule has 1 amide bonds. The predicted molar refractivity (Wildman–Crippen MR) is 137 cm³/mol. The van der Waals surface area contributed by atoms with E-state index in [1.807, 2.05) is 41.4 Å². The smallest absolute Gasteiger partial charge is 0.237 e. The van der Waals surface area contributed by atoms with Gasteiger partial charge in [0.15, 0.2) is 5.16 Å². The van der Waals surface area contributed by atoms with Gasteiger partial charge in [-0.05, 0) is 49.2 Å². The summed E-state index contributed by atoms with van der Waals surface area (Å²) in [4.78, 5) is 19.6. The number of carbonyl (C=O) groups is 1. The number of hydrogen-bond acceptors (Lipinski definition) is 3. The molecule has 166 valence electrons. The van der Waals surface area contributed by atoms with Gasteiger partial charge >= 0.3 is 0 Å². The Bertz CT molecular complexity index is 1330. The highest BCUT2D eigenvalue weighted by Crippen LogP contribution is 2.34. The second-order valence-electron chi connectivity index (χ2n) is 7.94.